The van der Waals surface area contributed by atoms with Crippen molar-refractivity contribution >= 4 is 0 Å². The quantitative estimate of drug-likeness (QED) is 0.784. The predicted molar refractivity (Wildman–Crippen MR) is 76.2 cm³/mol. The Morgan fingerprint density at radius 3 is 2.21 bits per heavy atom. The number of rotatable bonds is 3. The van der Waals surface area contributed by atoms with Crippen molar-refractivity contribution in [3.05, 3.63) is 23.8 Å². The van der Waals surface area contributed by atoms with Gasteiger partial charge in [0.15, 0.2) is 0 Å². The molecule has 1 aliphatic rings. The van der Waals surface area contributed by atoms with Gasteiger partial charge in [-0.1, -0.05) is 6.07 Å². The molecule has 1 aliphatic carbocycles. The van der Waals surface area contributed by atoms with E-state index in [0.717, 1.165) is 25.7 Å². The van der Waals surface area contributed by atoms with Crippen molar-refractivity contribution in [2.45, 2.75) is 50.7 Å². The molecule has 1 fully saturated rings. The highest BCUT2D eigenvalue weighted by atomic mass is 16.3. The molecular formula is C15H24N2O2. The molecule has 4 N–H and O–H groups in total. The van der Waals surface area contributed by atoms with Crippen LogP contribution in [0.15, 0.2) is 18.2 Å². The lowest BCUT2D eigenvalue weighted by molar-refractivity contribution is 0.137. The number of nitrogens with zero attached hydrogens (tertiary/aromatic N) is 1. The Hall–Kier alpha value is -1.26. The van der Waals surface area contributed by atoms with Crippen LogP contribution >= 0.6 is 0 Å². The SMILES string of the molecule is CC(c1c(O)cccc1O)N(C)C1CCC(N)CC1. The van der Waals surface area contributed by atoms with E-state index >= 15 is 0 Å². The van der Waals surface area contributed by atoms with Gasteiger partial charge in [-0.25, -0.2) is 0 Å². The maximum atomic E-state index is 9.94. The molecule has 0 spiro atoms. The van der Waals surface area contributed by atoms with Crippen molar-refractivity contribution in [3.63, 3.8) is 0 Å². The Morgan fingerprint density at radius 1 is 1.16 bits per heavy atom. The number of hydrogen-bond donors (Lipinski definition) is 3. The van der Waals surface area contributed by atoms with E-state index in [1.807, 2.05) is 6.92 Å². The molecule has 1 saturated carbocycles. The largest absolute Gasteiger partial charge is 0.507 e. The van der Waals surface area contributed by atoms with Gasteiger partial charge in [-0.2, -0.15) is 0 Å². The molecule has 0 heterocycles. The van der Waals surface area contributed by atoms with Gasteiger partial charge < -0.3 is 15.9 Å². The van der Waals surface area contributed by atoms with E-state index in [4.69, 9.17) is 5.73 Å². The van der Waals surface area contributed by atoms with Gasteiger partial charge in [0.05, 0.1) is 5.56 Å². The maximum absolute atomic E-state index is 9.94. The summed E-state index contributed by atoms with van der Waals surface area (Å²) in [4.78, 5) is 2.24. The molecule has 0 aliphatic heterocycles. The maximum Gasteiger partial charge on any atom is 0.124 e. The van der Waals surface area contributed by atoms with E-state index in [9.17, 15) is 10.2 Å². The molecule has 0 amide bonds. The van der Waals surface area contributed by atoms with Crippen LogP contribution in [0.2, 0.25) is 0 Å². The summed E-state index contributed by atoms with van der Waals surface area (Å²) in [5, 5.41) is 19.9. The lowest BCUT2D eigenvalue weighted by atomic mass is 9.89. The Kier molecular flexibility index (Phi) is 4.32. The van der Waals surface area contributed by atoms with Gasteiger partial charge in [0.1, 0.15) is 11.5 Å². The molecule has 4 nitrogen and oxygen atoms in total. The normalized spacial score (nSPS) is 25.5. The van der Waals surface area contributed by atoms with Crippen LogP contribution in [0, 0.1) is 0 Å². The highest BCUT2D eigenvalue weighted by Gasteiger charge is 2.27. The first-order valence-electron chi connectivity index (χ1n) is 6.99. The van der Waals surface area contributed by atoms with Crippen LogP contribution in [-0.2, 0) is 0 Å². The average Bonchev–Trinajstić information content (AvgIpc) is 2.38. The highest BCUT2D eigenvalue weighted by Crippen LogP contribution is 2.37. The lowest BCUT2D eigenvalue weighted by Crippen LogP contribution is -2.39. The second-order valence-electron chi connectivity index (χ2n) is 5.62. The Bertz CT molecular complexity index is 408. The number of aromatic hydroxyl groups is 2. The average molecular weight is 264 g/mol. The van der Waals surface area contributed by atoms with Crippen molar-refractivity contribution < 1.29 is 10.2 Å². The number of hydrogen-bond acceptors (Lipinski definition) is 4. The monoisotopic (exact) mass is 264 g/mol. The minimum atomic E-state index is -0.0134. The van der Waals surface area contributed by atoms with Crippen LogP contribution in [0.4, 0.5) is 0 Å². The van der Waals surface area contributed by atoms with E-state index in [1.165, 1.54) is 0 Å². The summed E-state index contributed by atoms with van der Waals surface area (Å²) in [6.45, 7) is 2.02. The summed E-state index contributed by atoms with van der Waals surface area (Å²) in [5.74, 6) is 0.318. The molecule has 0 bridgehead atoms. The third-order valence-corrected chi connectivity index (χ3v) is 4.41. The molecule has 0 radical (unpaired) electrons. The third-order valence-electron chi connectivity index (χ3n) is 4.41. The van der Waals surface area contributed by atoms with Crippen molar-refractivity contribution in [1.82, 2.24) is 4.90 Å². The zero-order valence-corrected chi connectivity index (χ0v) is 11.7. The van der Waals surface area contributed by atoms with Gasteiger partial charge in [-0.15, -0.1) is 0 Å². The van der Waals surface area contributed by atoms with Crippen LogP contribution in [0.25, 0.3) is 0 Å². The Labute approximate surface area is 114 Å². The smallest absolute Gasteiger partial charge is 0.124 e. The van der Waals surface area contributed by atoms with E-state index in [-0.39, 0.29) is 17.5 Å². The second-order valence-corrected chi connectivity index (χ2v) is 5.62. The molecule has 0 aromatic heterocycles. The van der Waals surface area contributed by atoms with Gasteiger partial charge in [0.25, 0.3) is 0 Å². The van der Waals surface area contributed by atoms with Crippen LogP contribution in [0.5, 0.6) is 11.5 Å². The highest BCUT2D eigenvalue weighted by molar-refractivity contribution is 5.45. The molecule has 1 aromatic rings. The summed E-state index contributed by atoms with van der Waals surface area (Å²) in [7, 11) is 2.05. The van der Waals surface area contributed by atoms with Crippen LogP contribution in [0.1, 0.15) is 44.2 Å². The van der Waals surface area contributed by atoms with Gasteiger partial charge in [0, 0.05) is 18.1 Å². The van der Waals surface area contributed by atoms with Gasteiger partial charge >= 0.3 is 0 Å². The topological polar surface area (TPSA) is 69.7 Å². The minimum absolute atomic E-state index is 0.0134. The summed E-state index contributed by atoms with van der Waals surface area (Å²) >= 11 is 0. The Morgan fingerprint density at radius 2 is 1.68 bits per heavy atom. The number of benzene rings is 1. The fraction of sp³-hybridized carbons (Fsp3) is 0.600. The zero-order chi connectivity index (χ0) is 14.0. The van der Waals surface area contributed by atoms with Crippen LogP contribution in [-0.4, -0.2) is 34.2 Å². The summed E-state index contributed by atoms with van der Waals surface area (Å²) in [6, 6.07) is 5.68. The molecule has 4 heteroatoms. The summed E-state index contributed by atoms with van der Waals surface area (Å²) < 4.78 is 0. The lowest BCUT2D eigenvalue weighted by Gasteiger charge is -2.37. The minimum Gasteiger partial charge on any atom is -0.507 e. The zero-order valence-electron chi connectivity index (χ0n) is 11.7. The summed E-state index contributed by atoms with van der Waals surface area (Å²) in [5.41, 5.74) is 6.55. The molecule has 106 valence electrons. The van der Waals surface area contributed by atoms with Crippen LogP contribution < -0.4 is 5.73 Å². The van der Waals surface area contributed by atoms with Crippen molar-refractivity contribution in [2.24, 2.45) is 5.73 Å². The first-order chi connectivity index (χ1) is 9.00. The van der Waals surface area contributed by atoms with Crippen molar-refractivity contribution in [2.75, 3.05) is 7.05 Å². The third kappa shape index (κ3) is 3.01. The van der Waals surface area contributed by atoms with E-state index in [1.54, 1.807) is 18.2 Å². The fourth-order valence-electron chi connectivity index (χ4n) is 3.00. The molecule has 2 rings (SSSR count). The molecular weight excluding hydrogens is 240 g/mol. The molecule has 1 atom stereocenters. The standard InChI is InChI=1S/C15H24N2O2/c1-10(15-13(18)4-3-5-14(15)19)17(2)12-8-6-11(16)7-9-12/h3-5,10-12,18-19H,6-9,16H2,1-2H3. The van der Waals surface area contributed by atoms with E-state index < -0.39 is 0 Å². The molecule has 19 heavy (non-hydrogen) atoms. The van der Waals surface area contributed by atoms with E-state index in [2.05, 4.69) is 11.9 Å². The number of nitrogens with two attached hydrogens (primary N) is 1. The van der Waals surface area contributed by atoms with Gasteiger partial charge in [-0.3, -0.25) is 4.90 Å². The molecule has 1 unspecified atom stereocenters. The number of phenols is 2. The number of phenolic OH excluding ortho intramolecular Hbond substituents is 2. The van der Waals surface area contributed by atoms with Crippen molar-refractivity contribution in [1.29, 1.82) is 0 Å². The summed E-state index contributed by atoms with van der Waals surface area (Å²) in [6.07, 6.45) is 4.26. The van der Waals surface area contributed by atoms with E-state index in [0.29, 0.717) is 17.6 Å². The molecule has 0 saturated heterocycles. The van der Waals surface area contributed by atoms with Gasteiger partial charge in [-0.05, 0) is 51.8 Å². The van der Waals surface area contributed by atoms with Gasteiger partial charge in [0.2, 0.25) is 0 Å². The second kappa shape index (κ2) is 5.80. The first kappa shape index (κ1) is 14.2. The van der Waals surface area contributed by atoms with Crippen molar-refractivity contribution in [3.8, 4) is 11.5 Å². The Balaban J connectivity index is 2.12. The first-order valence-corrected chi connectivity index (χ1v) is 6.99. The van der Waals surface area contributed by atoms with Crippen LogP contribution in [0.3, 0.4) is 0 Å². The molecule has 1 aromatic carbocycles. The predicted octanol–water partition coefficient (Wildman–Crippen LogP) is 2.36. The fourth-order valence-corrected chi connectivity index (χ4v) is 3.00.